The van der Waals surface area contributed by atoms with Crippen LogP contribution >= 0.6 is 11.8 Å². The van der Waals surface area contributed by atoms with Crippen LogP contribution in [0.5, 0.6) is 5.75 Å². The van der Waals surface area contributed by atoms with Gasteiger partial charge in [0.25, 0.3) is 0 Å². The van der Waals surface area contributed by atoms with Crippen LogP contribution in [0.4, 0.5) is 0 Å². The molecule has 2 aromatic rings. The Morgan fingerprint density at radius 1 is 1.11 bits per heavy atom. The quantitative estimate of drug-likeness (QED) is 0.489. The van der Waals surface area contributed by atoms with Crippen LogP contribution in [0.25, 0.3) is 0 Å². The molecule has 36 heavy (non-hydrogen) atoms. The molecule has 0 bridgehead atoms. The van der Waals surface area contributed by atoms with Gasteiger partial charge >= 0.3 is 5.97 Å². The summed E-state index contributed by atoms with van der Waals surface area (Å²) in [6.07, 6.45) is 2.56. The average Bonchev–Trinajstić information content (AvgIpc) is 3.66. The number of fused-ring (bicyclic) bond motifs is 1. The standard InChI is InChI=1S/C28H29N3O4S/c1-18-25(27(33)35-16-20-8-4-3-5-9-20)26(22-10-6-7-11-23(22)34-2)31-21(17-36-28(31)30-18)14-24(32)29-15-19-12-13-19/h3-11,17,19,26H,12-16H2,1-2H3,(H,29,32)/t26-/m0/s1. The normalized spacial score (nSPS) is 18.8. The van der Waals surface area contributed by atoms with Crippen LogP contribution in [0.1, 0.15) is 43.4 Å². The lowest BCUT2D eigenvalue weighted by molar-refractivity contribution is -0.141. The Kier molecular flexibility index (Phi) is 7.13. The first-order valence-electron chi connectivity index (χ1n) is 12.1. The lowest BCUT2D eigenvalue weighted by Gasteiger charge is -2.36. The Labute approximate surface area is 215 Å². The first-order valence-corrected chi connectivity index (χ1v) is 13.0. The van der Waals surface area contributed by atoms with Crippen molar-refractivity contribution >= 4 is 28.8 Å². The number of para-hydroxylation sites is 1. The molecule has 2 aromatic carbocycles. The molecule has 0 aromatic heterocycles. The highest BCUT2D eigenvalue weighted by Gasteiger charge is 2.42. The van der Waals surface area contributed by atoms with E-state index in [0.29, 0.717) is 29.5 Å². The molecule has 7 nitrogen and oxygen atoms in total. The lowest BCUT2D eigenvalue weighted by Crippen LogP contribution is -2.38. The van der Waals surface area contributed by atoms with E-state index in [-0.39, 0.29) is 18.9 Å². The zero-order chi connectivity index (χ0) is 25.1. The van der Waals surface area contributed by atoms with Gasteiger partial charge in [-0.25, -0.2) is 9.79 Å². The van der Waals surface area contributed by atoms with Gasteiger partial charge in [-0.2, -0.15) is 0 Å². The first kappa shape index (κ1) is 24.2. The number of rotatable bonds is 9. The number of thioether (sulfide) groups is 1. The molecule has 0 radical (unpaired) electrons. The fraction of sp³-hybridized carbons (Fsp3) is 0.321. The molecule has 3 aliphatic rings. The van der Waals surface area contributed by atoms with Gasteiger partial charge in [0.2, 0.25) is 5.91 Å². The predicted octanol–water partition coefficient (Wildman–Crippen LogP) is 4.93. The smallest absolute Gasteiger partial charge is 0.338 e. The summed E-state index contributed by atoms with van der Waals surface area (Å²) >= 11 is 1.46. The number of carbonyl (C=O) groups is 2. The topological polar surface area (TPSA) is 80.2 Å². The summed E-state index contributed by atoms with van der Waals surface area (Å²) in [5.41, 5.74) is 3.54. The molecule has 8 heteroatoms. The highest BCUT2D eigenvalue weighted by molar-refractivity contribution is 8.16. The lowest BCUT2D eigenvalue weighted by atomic mass is 9.93. The second-order valence-corrected chi connectivity index (χ2v) is 9.96. The number of hydrogen-bond acceptors (Lipinski definition) is 7. The minimum absolute atomic E-state index is 0.0340. The van der Waals surface area contributed by atoms with Crippen molar-refractivity contribution in [3.8, 4) is 5.75 Å². The van der Waals surface area contributed by atoms with Crippen molar-refractivity contribution in [3.63, 3.8) is 0 Å². The number of amidine groups is 1. The van der Waals surface area contributed by atoms with Crippen LogP contribution < -0.4 is 10.1 Å². The Morgan fingerprint density at radius 3 is 2.61 bits per heavy atom. The summed E-state index contributed by atoms with van der Waals surface area (Å²) in [6.45, 7) is 2.70. The molecule has 2 heterocycles. The molecule has 0 unspecified atom stereocenters. The third kappa shape index (κ3) is 5.18. The Morgan fingerprint density at radius 2 is 1.86 bits per heavy atom. The molecular formula is C28H29N3O4S. The maximum Gasteiger partial charge on any atom is 0.338 e. The van der Waals surface area contributed by atoms with E-state index in [2.05, 4.69) is 5.32 Å². The van der Waals surface area contributed by atoms with Crippen LogP contribution in [-0.4, -0.2) is 35.6 Å². The number of hydrogen-bond donors (Lipinski definition) is 1. The number of ether oxygens (including phenoxy) is 2. The number of esters is 1. The van der Waals surface area contributed by atoms with Crippen molar-refractivity contribution in [2.45, 2.75) is 38.8 Å². The zero-order valence-electron chi connectivity index (χ0n) is 20.4. The van der Waals surface area contributed by atoms with E-state index < -0.39 is 12.0 Å². The van der Waals surface area contributed by atoms with Crippen LogP contribution in [0.15, 0.2) is 82.0 Å². The van der Waals surface area contributed by atoms with Gasteiger partial charge < -0.3 is 19.7 Å². The third-order valence-electron chi connectivity index (χ3n) is 6.49. The minimum atomic E-state index is -0.533. The molecule has 2 aliphatic heterocycles. The van der Waals surface area contributed by atoms with E-state index in [1.54, 1.807) is 7.11 Å². The molecule has 1 N–H and O–H groups in total. The zero-order valence-corrected chi connectivity index (χ0v) is 21.2. The van der Waals surface area contributed by atoms with E-state index in [9.17, 15) is 9.59 Å². The summed E-state index contributed by atoms with van der Waals surface area (Å²) in [6, 6.07) is 16.7. The molecule has 1 saturated carbocycles. The van der Waals surface area contributed by atoms with Gasteiger partial charge in [0.05, 0.1) is 30.8 Å². The summed E-state index contributed by atoms with van der Waals surface area (Å²) in [4.78, 5) is 33.0. The average molecular weight is 504 g/mol. The van der Waals surface area contributed by atoms with Gasteiger partial charge in [-0.05, 0) is 42.7 Å². The van der Waals surface area contributed by atoms with E-state index in [1.807, 2.05) is 71.8 Å². The highest BCUT2D eigenvalue weighted by atomic mass is 32.2. The number of nitrogens with one attached hydrogen (secondary N) is 1. The van der Waals surface area contributed by atoms with Gasteiger partial charge in [0.1, 0.15) is 12.4 Å². The van der Waals surface area contributed by atoms with E-state index in [0.717, 1.165) is 22.0 Å². The number of carbonyl (C=O) groups excluding carboxylic acids is 2. The van der Waals surface area contributed by atoms with Crippen molar-refractivity contribution in [1.82, 2.24) is 10.2 Å². The third-order valence-corrected chi connectivity index (χ3v) is 7.38. The van der Waals surface area contributed by atoms with Gasteiger partial charge in [-0.15, -0.1) is 0 Å². The van der Waals surface area contributed by atoms with E-state index in [4.69, 9.17) is 14.5 Å². The first-order chi connectivity index (χ1) is 17.5. The Balaban J connectivity index is 1.46. The maximum atomic E-state index is 13.5. The number of methoxy groups -OCH3 is 1. The number of nitrogens with zero attached hydrogens (tertiary/aromatic N) is 2. The number of benzene rings is 2. The molecule has 1 atom stereocenters. The Bertz CT molecular complexity index is 1250. The van der Waals surface area contributed by atoms with E-state index in [1.165, 1.54) is 24.6 Å². The molecule has 1 amide bonds. The molecule has 1 aliphatic carbocycles. The Hall–Kier alpha value is -3.52. The van der Waals surface area contributed by atoms with Gasteiger partial charge in [-0.1, -0.05) is 60.3 Å². The molecular weight excluding hydrogens is 474 g/mol. The van der Waals surface area contributed by atoms with Crippen molar-refractivity contribution in [2.75, 3.05) is 13.7 Å². The van der Waals surface area contributed by atoms with Crippen LogP contribution in [0.3, 0.4) is 0 Å². The van der Waals surface area contributed by atoms with Crippen LogP contribution in [-0.2, 0) is 20.9 Å². The number of allylic oxidation sites excluding steroid dienone is 1. The van der Waals surface area contributed by atoms with Gasteiger partial charge in [-0.3, -0.25) is 4.79 Å². The second-order valence-electron chi connectivity index (χ2n) is 9.12. The van der Waals surface area contributed by atoms with Crippen molar-refractivity contribution in [1.29, 1.82) is 0 Å². The molecule has 1 fully saturated rings. The number of amides is 1. The molecule has 5 rings (SSSR count). The molecule has 0 spiro atoms. The largest absolute Gasteiger partial charge is 0.496 e. The van der Waals surface area contributed by atoms with Gasteiger partial charge in [0.15, 0.2) is 5.17 Å². The molecule has 186 valence electrons. The monoisotopic (exact) mass is 503 g/mol. The highest BCUT2D eigenvalue weighted by Crippen LogP contribution is 2.47. The van der Waals surface area contributed by atoms with Crippen molar-refractivity contribution in [2.24, 2.45) is 10.9 Å². The second kappa shape index (κ2) is 10.6. The van der Waals surface area contributed by atoms with Crippen LogP contribution in [0.2, 0.25) is 0 Å². The summed E-state index contributed by atoms with van der Waals surface area (Å²) in [5, 5.41) is 5.72. The van der Waals surface area contributed by atoms with E-state index >= 15 is 0 Å². The fourth-order valence-corrected chi connectivity index (χ4v) is 5.39. The summed E-state index contributed by atoms with van der Waals surface area (Å²) < 4.78 is 11.4. The maximum absolute atomic E-state index is 13.5. The predicted molar refractivity (Wildman–Crippen MR) is 140 cm³/mol. The molecule has 0 saturated heterocycles. The summed E-state index contributed by atoms with van der Waals surface area (Å²) in [5.74, 6) is 0.781. The minimum Gasteiger partial charge on any atom is -0.496 e. The number of aliphatic imine (C=N–C) groups is 1. The fourth-order valence-electron chi connectivity index (χ4n) is 4.43. The summed E-state index contributed by atoms with van der Waals surface area (Å²) in [7, 11) is 1.61. The van der Waals surface area contributed by atoms with Gasteiger partial charge in [0, 0.05) is 17.8 Å². The van der Waals surface area contributed by atoms with Crippen molar-refractivity contribution < 1.29 is 19.1 Å². The van der Waals surface area contributed by atoms with Crippen LogP contribution in [0, 0.1) is 5.92 Å². The SMILES string of the molecule is COc1ccccc1[C@H]1C(C(=O)OCc2ccccc2)=C(C)N=C2SC=C(CC(=O)NCC3CC3)N21. The van der Waals surface area contributed by atoms with Crippen molar-refractivity contribution in [3.05, 3.63) is 88.1 Å².